The smallest absolute Gasteiger partial charge is 0.260 e. The number of carbonyl (C=O) groups excluding carboxylic acids is 1. The van der Waals surface area contributed by atoms with Crippen molar-refractivity contribution >= 4 is 23.5 Å². The molecule has 7 heteroatoms. The summed E-state index contributed by atoms with van der Waals surface area (Å²) in [5.41, 5.74) is 1.03. The van der Waals surface area contributed by atoms with Gasteiger partial charge in [0.2, 0.25) is 5.95 Å². The molecule has 1 amide bonds. The highest BCUT2D eigenvalue weighted by molar-refractivity contribution is 6.32. The second-order valence-corrected chi connectivity index (χ2v) is 6.92. The summed E-state index contributed by atoms with van der Waals surface area (Å²) in [5, 5.41) is 3.58. The van der Waals surface area contributed by atoms with Crippen molar-refractivity contribution in [1.82, 2.24) is 15.3 Å². The van der Waals surface area contributed by atoms with E-state index in [0.717, 1.165) is 37.4 Å². The number of halogens is 1. The Morgan fingerprint density at radius 2 is 2.00 bits per heavy atom. The number of anilines is 1. The largest absolute Gasteiger partial charge is 0.479 e. The van der Waals surface area contributed by atoms with Crippen LogP contribution in [0.1, 0.15) is 25.3 Å². The van der Waals surface area contributed by atoms with Gasteiger partial charge in [-0.3, -0.25) is 4.79 Å². The Labute approximate surface area is 158 Å². The normalized spacial score (nSPS) is 16.2. The molecule has 1 saturated heterocycles. The first-order valence-electron chi connectivity index (χ1n) is 8.78. The number of rotatable bonds is 5. The van der Waals surface area contributed by atoms with Gasteiger partial charge in [-0.25, -0.2) is 9.97 Å². The van der Waals surface area contributed by atoms with Gasteiger partial charge in [-0.15, -0.1) is 0 Å². The Bertz CT molecular complexity index is 748. The van der Waals surface area contributed by atoms with Crippen molar-refractivity contribution in [2.45, 2.75) is 38.8 Å². The van der Waals surface area contributed by atoms with E-state index in [9.17, 15) is 4.79 Å². The third kappa shape index (κ3) is 4.64. The second kappa shape index (κ2) is 8.36. The average Bonchev–Trinajstić information content (AvgIpc) is 2.66. The molecule has 1 unspecified atom stereocenters. The molecule has 1 fully saturated rings. The zero-order chi connectivity index (χ0) is 18.5. The molecule has 2 heterocycles. The van der Waals surface area contributed by atoms with E-state index in [1.807, 2.05) is 19.1 Å². The number of nitrogens with zero attached hydrogens (tertiary/aromatic N) is 3. The van der Waals surface area contributed by atoms with Gasteiger partial charge in [0.1, 0.15) is 5.75 Å². The number of carbonyl (C=O) groups is 1. The van der Waals surface area contributed by atoms with Crippen molar-refractivity contribution in [3.8, 4) is 5.75 Å². The van der Waals surface area contributed by atoms with E-state index in [1.54, 1.807) is 31.5 Å². The van der Waals surface area contributed by atoms with Crippen molar-refractivity contribution in [1.29, 1.82) is 0 Å². The summed E-state index contributed by atoms with van der Waals surface area (Å²) in [4.78, 5) is 23.1. The molecule has 1 atom stereocenters. The van der Waals surface area contributed by atoms with E-state index < -0.39 is 6.10 Å². The lowest BCUT2D eigenvalue weighted by atomic mass is 10.1. The molecule has 138 valence electrons. The maximum Gasteiger partial charge on any atom is 0.260 e. The van der Waals surface area contributed by atoms with E-state index in [-0.39, 0.29) is 11.9 Å². The van der Waals surface area contributed by atoms with Gasteiger partial charge in [-0.05, 0) is 50.5 Å². The fourth-order valence-corrected chi connectivity index (χ4v) is 3.10. The summed E-state index contributed by atoms with van der Waals surface area (Å²) in [6.45, 7) is 5.32. The Hall–Kier alpha value is -2.34. The van der Waals surface area contributed by atoms with Crippen LogP contribution in [0.15, 0.2) is 36.7 Å². The van der Waals surface area contributed by atoms with E-state index in [0.29, 0.717) is 10.8 Å². The fraction of sp³-hybridized carbons (Fsp3) is 0.421. The summed E-state index contributed by atoms with van der Waals surface area (Å²) in [6, 6.07) is 7.45. The second-order valence-electron chi connectivity index (χ2n) is 6.51. The summed E-state index contributed by atoms with van der Waals surface area (Å²) in [5.74, 6) is 1.14. The zero-order valence-corrected chi connectivity index (χ0v) is 15.7. The number of hydrogen-bond donors (Lipinski definition) is 1. The van der Waals surface area contributed by atoms with Crippen LogP contribution in [0.3, 0.4) is 0 Å². The number of ether oxygens (including phenoxy) is 1. The molecule has 2 aromatic rings. The van der Waals surface area contributed by atoms with Crippen LogP contribution in [-0.4, -0.2) is 41.1 Å². The minimum atomic E-state index is -0.607. The van der Waals surface area contributed by atoms with Gasteiger partial charge in [0, 0.05) is 31.5 Å². The molecule has 3 rings (SSSR count). The first kappa shape index (κ1) is 18.5. The lowest BCUT2D eigenvalue weighted by molar-refractivity contribution is -0.128. The first-order chi connectivity index (χ1) is 12.5. The SMILES string of the molecule is Cc1ccc(Cl)c(OC(C)C(=O)NC2CCN(c3ncccn3)CC2)c1. The maximum atomic E-state index is 12.4. The molecular weight excluding hydrogens is 352 g/mol. The topological polar surface area (TPSA) is 67.3 Å². The maximum absolute atomic E-state index is 12.4. The van der Waals surface area contributed by atoms with Gasteiger partial charge in [0.05, 0.1) is 5.02 Å². The Kier molecular flexibility index (Phi) is 5.93. The molecule has 1 aromatic heterocycles. The van der Waals surface area contributed by atoms with Gasteiger partial charge in [-0.1, -0.05) is 17.7 Å². The molecule has 1 aromatic carbocycles. The molecule has 0 radical (unpaired) electrons. The third-order valence-corrected chi connectivity index (χ3v) is 4.75. The monoisotopic (exact) mass is 374 g/mol. The number of nitrogens with one attached hydrogen (secondary N) is 1. The highest BCUT2D eigenvalue weighted by atomic mass is 35.5. The van der Waals surface area contributed by atoms with Crippen LogP contribution in [-0.2, 0) is 4.79 Å². The van der Waals surface area contributed by atoms with Gasteiger partial charge >= 0.3 is 0 Å². The molecule has 0 saturated carbocycles. The Morgan fingerprint density at radius 3 is 2.69 bits per heavy atom. The molecule has 0 bridgehead atoms. The van der Waals surface area contributed by atoms with Gasteiger partial charge in [0.25, 0.3) is 5.91 Å². The number of hydrogen-bond acceptors (Lipinski definition) is 5. The zero-order valence-electron chi connectivity index (χ0n) is 15.0. The summed E-state index contributed by atoms with van der Waals surface area (Å²) in [6.07, 6.45) is 4.57. The molecule has 0 aliphatic carbocycles. The van der Waals surface area contributed by atoms with Crippen LogP contribution in [0.25, 0.3) is 0 Å². The van der Waals surface area contributed by atoms with Gasteiger partial charge in [-0.2, -0.15) is 0 Å². The van der Waals surface area contributed by atoms with Crippen molar-refractivity contribution < 1.29 is 9.53 Å². The lowest BCUT2D eigenvalue weighted by Crippen LogP contribution is -2.48. The van der Waals surface area contributed by atoms with Crippen LogP contribution in [0.5, 0.6) is 5.75 Å². The molecule has 1 aliphatic rings. The summed E-state index contributed by atoms with van der Waals surface area (Å²) < 4.78 is 5.75. The van der Waals surface area contributed by atoms with Crippen LogP contribution in [0.4, 0.5) is 5.95 Å². The highest BCUT2D eigenvalue weighted by Crippen LogP contribution is 2.26. The lowest BCUT2D eigenvalue weighted by Gasteiger charge is -2.32. The standard InChI is InChI=1S/C19H23ClN4O2/c1-13-4-5-16(20)17(12-13)26-14(2)18(25)23-15-6-10-24(11-7-15)19-21-8-3-9-22-19/h3-5,8-9,12,14-15H,6-7,10-11H2,1-2H3,(H,23,25). The fourth-order valence-electron chi connectivity index (χ4n) is 2.94. The van der Waals surface area contributed by atoms with Gasteiger partial charge in [0.15, 0.2) is 6.10 Å². The van der Waals surface area contributed by atoms with E-state index >= 15 is 0 Å². The van der Waals surface area contributed by atoms with Crippen molar-refractivity contribution in [3.05, 3.63) is 47.2 Å². The molecule has 26 heavy (non-hydrogen) atoms. The van der Waals surface area contributed by atoms with E-state index in [1.165, 1.54) is 0 Å². The minimum absolute atomic E-state index is 0.126. The molecule has 1 aliphatic heterocycles. The Balaban J connectivity index is 1.50. The van der Waals surface area contributed by atoms with Crippen LogP contribution < -0.4 is 15.0 Å². The molecule has 0 spiro atoms. The highest BCUT2D eigenvalue weighted by Gasteiger charge is 2.24. The van der Waals surface area contributed by atoms with E-state index in [4.69, 9.17) is 16.3 Å². The van der Waals surface area contributed by atoms with Crippen LogP contribution in [0, 0.1) is 6.92 Å². The Morgan fingerprint density at radius 1 is 1.31 bits per heavy atom. The average molecular weight is 375 g/mol. The predicted molar refractivity (Wildman–Crippen MR) is 102 cm³/mol. The van der Waals surface area contributed by atoms with Crippen LogP contribution >= 0.6 is 11.6 Å². The first-order valence-corrected chi connectivity index (χ1v) is 9.16. The quantitative estimate of drug-likeness (QED) is 0.871. The molecular formula is C19H23ClN4O2. The van der Waals surface area contributed by atoms with Crippen molar-refractivity contribution in [3.63, 3.8) is 0 Å². The van der Waals surface area contributed by atoms with Crippen molar-refractivity contribution in [2.24, 2.45) is 0 Å². The number of amides is 1. The van der Waals surface area contributed by atoms with Crippen LogP contribution in [0.2, 0.25) is 5.02 Å². The summed E-state index contributed by atoms with van der Waals surface area (Å²) >= 11 is 6.14. The minimum Gasteiger partial charge on any atom is -0.479 e. The van der Waals surface area contributed by atoms with Gasteiger partial charge < -0.3 is 15.0 Å². The summed E-state index contributed by atoms with van der Waals surface area (Å²) in [7, 11) is 0. The predicted octanol–water partition coefficient (Wildman–Crippen LogP) is 2.99. The molecule has 6 nitrogen and oxygen atoms in total. The number of aromatic nitrogens is 2. The number of piperidine rings is 1. The third-order valence-electron chi connectivity index (χ3n) is 4.44. The number of benzene rings is 1. The molecule has 1 N–H and O–H groups in total. The van der Waals surface area contributed by atoms with E-state index in [2.05, 4.69) is 20.2 Å². The van der Waals surface area contributed by atoms with Crippen molar-refractivity contribution in [2.75, 3.05) is 18.0 Å². The number of aryl methyl sites for hydroxylation is 1.